The molecule has 0 radical (unpaired) electrons. The summed E-state index contributed by atoms with van der Waals surface area (Å²) >= 11 is 0. The van der Waals surface area contributed by atoms with Gasteiger partial charge in [-0.1, -0.05) is 5.11 Å². The summed E-state index contributed by atoms with van der Waals surface area (Å²) in [6.07, 6.45) is -4.90. The van der Waals surface area contributed by atoms with Crippen LogP contribution in [0.15, 0.2) is 21.7 Å². The largest absolute Gasteiger partial charge is 0.521 e. The zero-order valence-electron chi connectivity index (χ0n) is 8.00. The Hall–Kier alpha value is -1.60. The summed E-state index contributed by atoms with van der Waals surface area (Å²) in [7, 11) is 0. The van der Waals surface area contributed by atoms with Crippen LogP contribution >= 0.6 is 0 Å². The number of ether oxygens (including phenoxy) is 1. The van der Waals surface area contributed by atoms with Crippen molar-refractivity contribution in [3.8, 4) is 0 Å². The van der Waals surface area contributed by atoms with Crippen molar-refractivity contribution >= 4 is 5.97 Å². The number of hydrogen-bond donors (Lipinski definition) is 1. The van der Waals surface area contributed by atoms with Crippen LogP contribution in [0.2, 0.25) is 0 Å². The Morgan fingerprint density at radius 2 is 2.00 bits per heavy atom. The molecule has 86 valence electrons. The molecular formula is C7H9F3N2O3. The molecule has 1 N–H and O–H groups in total. The fraction of sp³-hybridized carbons (Fsp3) is 0.571. The van der Waals surface area contributed by atoms with Crippen LogP contribution in [-0.4, -0.2) is 24.0 Å². The number of allylic oxidation sites excluding steroid dienone is 1. The number of aliphatic hydroxyl groups is 1. The molecular weight excluding hydrogens is 217 g/mol. The molecule has 0 aliphatic rings. The van der Waals surface area contributed by atoms with Gasteiger partial charge in [0.1, 0.15) is 5.76 Å². The predicted octanol–water partition coefficient (Wildman–Crippen LogP) is 2.31. The first-order chi connectivity index (χ1) is 6.78. The van der Waals surface area contributed by atoms with Crippen LogP contribution in [0.5, 0.6) is 0 Å². The van der Waals surface area contributed by atoms with Crippen molar-refractivity contribution in [1.29, 1.82) is 0 Å². The third kappa shape index (κ3) is 5.66. The van der Waals surface area contributed by atoms with E-state index in [-0.39, 0.29) is 6.61 Å². The van der Waals surface area contributed by atoms with Crippen LogP contribution in [0.1, 0.15) is 13.8 Å². The number of azo groups is 1. The van der Waals surface area contributed by atoms with Gasteiger partial charge in [-0.15, -0.1) is 18.3 Å². The summed E-state index contributed by atoms with van der Waals surface area (Å²) in [5.74, 6) is -1.85. The van der Waals surface area contributed by atoms with Crippen LogP contribution in [0.25, 0.3) is 0 Å². The van der Waals surface area contributed by atoms with E-state index in [1.807, 2.05) is 5.11 Å². The lowest BCUT2D eigenvalue weighted by Gasteiger charge is -2.02. The number of rotatable bonds is 3. The quantitative estimate of drug-likeness (QED) is 0.264. The topological polar surface area (TPSA) is 71.2 Å². The summed E-state index contributed by atoms with van der Waals surface area (Å²) in [5, 5.41) is 13.3. The maximum atomic E-state index is 11.6. The standard InChI is InChI=1S/C7H9F3N2O3/c1-3-15-6(14)5(4(2)13)11-12-7(8,9)10/h13H,3H2,1-2H3. The van der Waals surface area contributed by atoms with Gasteiger partial charge in [-0.2, -0.15) is 0 Å². The van der Waals surface area contributed by atoms with Crippen LogP contribution in [0, 0.1) is 0 Å². The second kappa shape index (κ2) is 5.32. The van der Waals surface area contributed by atoms with Gasteiger partial charge in [-0.25, -0.2) is 4.79 Å². The van der Waals surface area contributed by atoms with Crippen molar-refractivity contribution < 1.29 is 27.8 Å². The van der Waals surface area contributed by atoms with Gasteiger partial charge in [0.15, 0.2) is 0 Å². The molecule has 0 fully saturated rings. The van der Waals surface area contributed by atoms with Gasteiger partial charge in [0.05, 0.1) is 6.61 Å². The molecule has 0 heterocycles. The minimum atomic E-state index is -4.90. The van der Waals surface area contributed by atoms with E-state index in [0.29, 0.717) is 0 Å². The second-order valence-corrected chi connectivity index (χ2v) is 2.32. The first-order valence-electron chi connectivity index (χ1n) is 3.84. The molecule has 0 bridgehead atoms. The molecule has 0 aliphatic carbocycles. The highest BCUT2D eigenvalue weighted by Gasteiger charge is 2.28. The number of carbonyl (C=O) groups is 1. The number of alkyl halides is 3. The van der Waals surface area contributed by atoms with Crippen molar-refractivity contribution in [2.24, 2.45) is 10.2 Å². The predicted molar refractivity (Wildman–Crippen MR) is 42.9 cm³/mol. The Balaban J connectivity index is 4.81. The molecule has 8 heteroatoms. The van der Waals surface area contributed by atoms with Gasteiger partial charge in [0.25, 0.3) is 0 Å². The fourth-order valence-corrected chi connectivity index (χ4v) is 0.567. The Morgan fingerprint density at radius 1 is 1.47 bits per heavy atom. The monoisotopic (exact) mass is 226 g/mol. The lowest BCUT2D eigenvalue weighted by atomic mass is 10.4. The lowest BCUT2D eigenvalue weighted by molar-refractivity contribution is -0.139. The summed E-state index contributed by atoms with van der Waals surface area (Å²) in [4.78, 5) is 10.9. The minimum Gasteiger partial charge on any atom is -0.510 e. The lowest BCUT2D eigenvalue weighted by Crippen LogP contribution is -2.09. The SMILES string of the molecule is CCOC(=O)C(N=NC(F)(F)F)=C(C)O. The van der Waals surface area contributed by atoms with Gasteiger partial charge >= 0.3 is 12.3 Å². The van der Waals surface area contributed by atoms with Gasteiger partial charge in [-0.3, -0.25) is 0 Å². The third-order valence-corrected chi connectivity index (χ3v) is 1.07. The average molecular weight is 226 g/mol. The van der Waals surface area contributed by atoms with Crippen LogP contribution in [-0.2, 0) is 9.53 Å². The zero-order chi connectivity index (χ0) is 12.1. The molecule has 15 heavy (non-hydrogen) atoms. The van der Waals surface area contributed by atoms with Crippen molar-refractivity contribution in [3.05, 3.63) is 11.5 Å². The number of esters is 1. The van der Waals surface area contributed by atoms with Crippen molar-refractivity contribution in [2.45, 2.75) is 20.1 Å². The molecule has 0 aromatic heterocycles. The van der Waals surface area contributed by atoms with Gasteiger partial charge in [0, 0.05) is 0 Å². The highest BCUT2D eigenvalue weighted by atomic mass is 19.4. The summed E-state index contributed by atoms with van der Waals surface area (Å²) in [6.45, 7) is 2.42. The second-order valence-electron chi connectivity index (χ2n) is 2.32. The Labute approximate surface area is 83.3 Å². The molecule has 0 aliphatic heterocycles. The molecule has 0 rings (SSSR count). The maximum Gasteiger partial charge on any atom is 0.521 e. The fourth-order valence-electron chi connectivity index (χ4n) is 0.567. The van der Waals surface area contributed by atoms with Gasteiger partial charge in [-0.05, 0) is 13.8 Å². The van der Waals surface area contributed by atoms with Crippen LogP contribution < -0.4 is 0 Å². The van der Waals surface area contributed by atoms with Gasteiger partial charge < -0.3 is 9.84 Å². The normalized spacial score (nSPS) is 13.9. The Morgan fingerprint density at radius 3 is 2.33 bits per heavy atom. The number of hydrogen-bond acceptors (Lipinski definition) is 5. The number of carbonyl (C=O) groups excluding carboxylic acids is 1. The molecule has 0 atom stereocenters. The van der Waals surface area contributed by atoms with Gasteiger partial charge in [0.2, 0.25) is 5.70 Å². The smallest absolute Gasteiger partial charge is 0.510 e. The first kappa shape index (κ1) is 13.4. The summed E-state index contributed by atoms with van der Waals surface area (Å²) < 4.78 is 39.2. The summed E-state index contributed by atoms with van der Waals surface area (Å²) in [6, 6.07) is 0. The summed E-state index contributed by atoms with van der Waals surface area (Å²) in [5.41, 5.74) is -0.867. The molecule has 0 amide bonds. The number of aliphatic hydroxyl groups excluding tert-OH is 1. The molecule has 0 saturated carbocycles. The minimum absolute atomic E-state index is 0.0445. The molecule has 0 saturated heterocycles. The van der Waals surface area contributed by atoms with Crippen molar-refractivity contribution in [3.63, 3.8) is 0 Å². The molecule has 0 unspecified atom stereocenters. The maximum absolute atomic E-state index is 11.6. The van der Waals surface area contributed by atoms with Crippen molar-refractivity contribution in [2.75, 3.05) is 6.61 Å². The third-order valence-electron chi connectivity index (χ3n) is 1.07. The van der Waals surface area contributed by atoms with E-state index in [0.717, 1.165) is 6.92 Å². The zero-order valence-corrected chi connectivity index (χ0v) is 8.00. The van der Waals surface area contributed by atoms with E-state index in [2.05, 4.69) is 9.85 Å². The highest BCUT2D eigenvalue weighted by Crippen LogP contribution is 2.18. The Bertz CT molecular complexity index is 292. The molecule has 0 aromatic rings. The van der Waals surface area contributed by atoms with Crippen LogP contribution in [0.4, 0.5) is 13.2 Å². The molecule has 5 nitrogen and oxygen atoms in total. The van der Waals surface area contributed by atoms with E-state index in [1.165, 1.54) is 6.92 Å². The van der Waals surface area contributed by atoms with E-state index in [9.17, 15) is 18.0 Å². The highest BCUT2D eigenvalue weighted by molar-refractivity contribution is 5.88. The van der Waals surface area contributed by atoms with Crippen molar-refractivity contribution in [1.82, 2.24) is 0 Å². The van der Waals surface area contributed by atoms with E-state index < -0.39 is 23.7 Å². The average Bonchev–Trinajstić information content (AvgIpc) is 2.01. The molecule has 0 spiro atoms. The van der Waals surface area contributed by atoms with Crippen LogP contribution in [0.3, 0.4) is 0 Å². The first-order valence-corrected chi connectivity index (χ1v) is 3.84. The number of nitrogens with zero attached hydrogens (tertiary/aromatic N) is 2. The number of halogens is 3. The van der Waals surface area contributed by atoms with E-state index in [1.54, 1.807) is 0 Å². The molecule has 0 aromatic carbocycles. The van der Waals surface area contributed by atoms with E-state index >= 15 is 0 Å². The Kier molecular flexibility index (Phi) is 4.75. The van der Waals surface area contributed by atoms with E-state index in [4.69, 9.17) is 5.11 Å².